The van der Waals surface area contributed by atoms with E-state index in [1.165, 1.54) is 5.56 Å². The highest BCUT2D eigenvalue weighted by Gasteiger charge is 1.96. The summed E-state index contributed by atoms with van der Waals surface area (Å²) in [6.07, 6.45) is 8.60. The zero-order valence-corrected chi connectivity index (χ0v) is 9.06. The van der Waals surface area contributed by atoms with Crippen LogP contribution in [0.25, 0.3) is 17.3 Å². The third-order valence-corrected chi connectivity index (χ3v) is 2.36. The van der Waals surface area contributed by atoms with Crippen LogP contribution in [0.2, 0.25) is 0 Å². The number of aromatic nitrogens is 2. The number of hydrogen-bond acceptors (Lipinski definition) is 2. The monoisotopic (exact) mass is 213 g/mol. The summed E-state index contributed by atoms with van der Waals surface area (Å²) in [4.78, 5) is 7.08. The normalized spacial score (nSPS) is 11.1. The Hall–Kier alpha value is -1.87. The first-order valence-corrected chi connectivity index (χ1v) is 5.35. The van der Waals surface area contributed by atoms with Crippen molar-refractivity contribution in [2.24, 2.45) is 5.73 Å². The van der Waals surface area contributed by atoms with E-state index in [0.29, 0.717) is 6.54 Å². The van der Waals surface area contributed by atoms with Gasteiger partial charge in [0.05, 0.1) is 18.2 Å². The van der Waals surface area contributed by atoms with Gasteiger partial charge in [0.25, 0.3) is 0 Å². The standard InChI is InChI=1S/C13H15N3/c14-8-2-1-3-11-4-6-12(7-5-11)13-9-15-10-16-13/h1,3-7,9-10H,2,8,14H2,(H,15,16). The van der Waals surface area contributed by atoms with E-state index in [2.05, 4.69) is 46.4 Å². The molecule has 0 amide bonds. The third kappa shape index (κ3) is 2.58. The van der Waals surface area contributed by atoms with Crippen molar-refractivity contribution in [3.05, 3.63) is 48.4 Å². The maximum atomic E-state index is 5.42. The van der Waals surface area contributed by atoms with Crippen molar-refractivity contribution in [3.63, 3.8) is 0 Å². The van der Waals surface area contributed by atoms with Crippen molar-refractivity contribution in [3.8, 4) is 11.3 Å². The fraction of sp³-hybridized carbons (Fsp3) is 0.154. The molecule has 1 aromatic carbocycles. The molecule has 0 radical (unpaired) electrons. The number of benzene rings is 1. The second kappa shape index (κ2) is 5.28. The first-order valence-electron chi connectivity index (χ1n) is 5.35. The Morgan fingerprint density at radius 2 is 2.06 bits per heavy atom. The van der Waals surface area contributed by atoms with Gasteiger partial charge in [0.2, 0.25) is 0 Å². The number of rotatable bonds is 4. The number of nitrogens with two attached hydrogens (primary N) is 1. The average molecular weight is 213 g/mol. The number of hydrogen-bond donors (Lipinski definition) is 2. The summed E-state index contributed by atoms with van der Waals surface area (Å²) in [7, 11) is 0. The van der Waals surface area contributed by atoms with Crippen LogP contribution in [0.15, 0.2) is 42.9 Å². The summed E-state index contributed by atoms with van der Waals surface area (Å²) in [5.41, 5.74) is 8.80. The predicted octanol–water partition coefficient (Wildman–Crippen LogP) is 2.44. The molecule has 0 bridgehead atoms. The van der Waals surface area contributed by atoms with E-state index >= 15 is 0 Å². The van der Waals surface area contributed by atoms with Crippen molar-refractivity contribution in [2.75, 3.05) is 6.54 Å². The smallest absolute Gasteiger partial charge is 0.0924 e. The topological polar surface area (TPSA) is 54.7 Å². The first-order chi connectivity index (χ1) is 7.90. The molecule has 0 unspecified atom stereocenters. The van der Waals surface area contributed by atoms with Gasteiger partial charge < -0.3 is 10.7 Å². The summed E-state index contributed by atoms with van der Waals surface area (Å²) in [6, 6.07) is 8.33. The SMILES string of the molecule is NCCC=Cc1ccc(-c2cnc[nH]2)cc1. The highest BCUT2D eigenvalue weighted by molar-refractivity contribution is 5.61. The Morgan fingerprint density at radius 1 is 1.25 bits per heavy atom. The minimum Gasteiger partial charge on any atom is -0.345 e. The summed E-state index contributed by atoms with van der Waals surface area (Å²) in [6.45, 7) is 0.697. The molecule has 82 valence electrons. The van der Waals surface area contributed by atoms with Gasteiger partial charge >= 0.3 is 0 Å². The van der Waals surface area contributed by atoms with Gasteiger partial charge in [-0.3, -0.25) is 0 Å². The van der Waals surface area contributed by atoms with E-state index in [1.807, 2.05) is 6.20 Å². The predicted molar refractivity (Wildman–Crippen MR) is 66.7 cm³/mol. The summed E-state index contributed by atoms with van der Waals surface area (Å²) in [5.74, 6) is 0. The van der Waals surface area contributed by atoms with Crippen molar-refractivity contribution < 1.29 is 0 Å². The molecule has 2 rings (SSSR count). The Kier molecular flexibility index (Phi) is 3.51. The van der Waals surface area contributed by atoms with Crippen molar-refractivity contribution in [2.45, 2.75) is 6.42 Å². The average Bonchev–Trinajstić information content (AvgIpc) is 2.84. The van der Waals surface area contributed by atoms with Crippen LogP contribution < -0.4 is 5.73 Å². The van der Waals surface area contributed by atoms with Crippen LogP contribution in [-0.4, -0.2) is 16.5 Å². The lowest BCUT2D eigenvalue weighted by Crippen LogP contribution is -1.94. The van der Waals surface area contributed by atoms with E-state index in [4.69, 9.17) is 5.73 Å². The second-order valence-electron chi connectivity index (χ2n) is 3.57. The molecule has 16 heavy (non-hydrogen) atoms. The van der Waals surface area contributed by atoms with E-state index < -0.39 is 0 Å². The van der Waals surface area contributed by atoms with E-state index in [-0.39, 0.29) is 0 Å². The number of imidazole rings is 1. The molecule has 0 atom stereocenters. The van der Waals surface area contributed by atoms with Crippen molar-refractivity contribution >= 4 is 6.08 Å². The molecule has 2 aromatic rings. The summed E-state index contributed by atoms with van der Waals surface area (Å²) >= 11 is 0. The maximum Gasteiger partial charge on any atom is 0.0924 e. The first kappa shape index (κ1) is 10.6. The minimum absolute atomic E-state index is 0.697. The molecule has 0 fully saturated rings. The van der Waals surface area contributed by atoms with Crippen LogP contribution >= 0.6 is 0 Å². The summed E-state index contributed by atoms with van der Waals surface area (Å²) < 4.78 is 0. The van der Waals surface area contributed by atoms with E-state index in [1.54, 1.807) is 6.33 Å². The quantitative estimate of drug-likeness (QED) is 0.819. The second-order valence-corrected chi connectivity index (χ2v) is 3.57. The number of nitrogens with one attached hydrogen (secondary N) is 1. The minimum atomic E-state index is 0.697. The highest BCUT2D eigenvalue weighted by atomic mass is 14.9. The Balaban J connectivity index is 2.11. The molecule has 0 spiro atoms. The third-order valence-electron chi connectivity index (χ3n) is 2.36. The molecule has 3 heteroatoms. The lowest BCUT2D eigenvalue weighted by molar-refractivity contribution is 1.01. The van der Waals surface area contributed by atoms with Crippen LogP contribution in [0.3, 0.4) is 0 Å². The lowest BCUT2D eigenvalue weighted by atomic mass is 10.1. The van der Waals surface area contributed by atoms with E-state index in [0.717, 1.165) is 17.7 Å². The van der Waals surface area contributed by atoms with Gasteiger partial charge in [-0.05, 0) is 24.1 Å². The molecule has 3 nitrogen and oxygen atoms in total. The van der Waals surface area contributed by atoms with Gasteiger partial charge in [-0.1, -0.05) is 36.4 Å². The zero-order chi connectivity index (χ0) is 11.2. The van der Waals surface area contributed by atoms with Gasteiger partial charge in [-0.2, -0.15) is 0 Å². The Labute approximate surface area is 95.0 Å². The Bertz CT molecular complexity index is 441. The molecule has 0 saturated carbocycles. The molecule has 1 aromatic heterocycles. The molecule has 3 N–H and O–H groups in total. The highest BCUT2D eigenvalue weighted by Crippen LogP contribution is 2.16. The fourth-order valence-corrected chi connectivity index (χ4v) is 1.50. The van der Waals surface area contributed by atoms with Crippen LogP contribution in [0.1, 0.15) is 12.0 Å². The molecular formula is C13H15N3. The maximum absolute atomic E-state index is 5.42. The van der Waals surface area contributed by atoms with Crippen LogP contribution in [0.4, 0.5) is 0 Å². The van der Waals surface area contributed by atoms with Crippen LogP contribution in [-0.2, 0) is 0 Å². The largest absolute Gasteiger partial charge is 0.345 e. The van der Waals surface area contributed by atoms with Crippen molar-refractivity contribution in [1.29, 1.82) is 0 Å². The molecule has 0 saturated heterocycles. The van der Waals surface area contributed by atoms with Crippen LogP contribution in [0, 0.1) is 0 Å². The molecule has 0 aliphatic rings. The van der Waals surface area contributed by atoms with Crippen LogP contribution in [0.5, 0.6) is 0 Å². The van der Waals surface area contributed by atoms with Gasteiger partial charge in [0.1, 0.15) is 0 Å². The molecular weight excluding hydrogens is 198 g/mol. The van der Waals surface area contributed by atoms with Gasteiger partial charge in [-0.25, -0.2) is 4.98 Å². The lowest BCUT2D eigenvalue weighted by Gasteiger charge is -1.98. The van der Waals surface area contributed by atoms with Gasteiger partial charge in [-0.15, -0.1) is 0 Å². The number of nitrogens with zero attached hydrogens (tertiary/aromatic N) is 1. The number of H-pyrrole nitrogens is 1. The fourth-order valence-electron chi connectivity index (χ4n) is 1.50. The summed E-state index contributed by atoms with van der Waals surface area (Å²) in [5, 5.41) is 0. The molecule has 0 aliphatic carbocycles. The van der Waals surface area contributed by atoms with E-state index in [9.17, 15) is 0 Å². The van der Waals surface area contributed by atoms with Gasteiger partial charge in [0, 0.05) is 0 Å². The Morgan fingerprint density at radius 3 is 2.69 bits per heavy atom. The van der Waals surface area contributed by atoms with Crippen molar-refractivity contribution in [1.82, 2.24) is 9.97 Å². The molecule has 0 aliphatic heterocycles. The zero-order valence-electron chi connectivity index (χ0n) is 9.06. The van der Waals surface area contributed by atoms with Gasteiger partial charge in [0.15, 0.2) is 0 Å². The molecule has 1 heterocycles. The number of aromatic amines is 1.